The first-order valence-corrected chi connectivity index (χ1v) is 5.99. The van der Waals surface area contributed by atoms with Crippen LogP contribution < -0.4 is 10.1 Å². The zero-order valence-electron chi connectivity index (χ0n) is 10.6. The normalized spacial score (nSPS) is 13.4. The van der Waals surface area contributed by atoms with Gasteiger partial charge in [0, 0.05) is 11.6 Å². The fourth-order valence-corrected chi connectivity index (χ4v) is 1.78. The van der Waals surface area contributed by atoms with Crippen LogP contribution in [-0.2, 0) is 0 Å². The third-order valence-corrected chi connectivity index (χ3v) is 2.54. The molecule has 5 heteroatoms. The molecular weight excluding hydrogens is 243 g/mol. The van der Waals surface area contributed by atoms with Gasteiger partial charge in [-0.3, -0.25) is 0 Å². The first kappa shape index (κ1) is 14.8. The molecule has 2 nitrogen and oxygen atoms in total. The Morgan fingerprint density at radius 1 is 1.22 bits per heavy atom. The standard InChI is InChI=1S/C13H18F3NO/c1-3-11(17-4-2)10-7-5-6-8-12(10)18-9-13(14,15)16/h5-8,11,17H,3-4,9H2,1-2H3. The van der Waals surface area contributed by atoms with E-state index in [1.54, 1.807) is 24.3 Å². The van der Waals surface area contributed by atoms with Gasteiger partial charge in [0.1, 0.15) is 5.75 Å². The van der Waals surface area contributed by atoms with E-state index in [0.717, 1.165) is 18.5 Å². The summed E-state index contributed by atoms with van der Waals surface area (Å²) in [6, 6.07) is 6.85. The summed E-state index contributed by atoms with van der Waals surface area (Å²) in [5.41, 5.74) is 0.770. The Balaban J connectivity index is 2.84. The minimum absolute atomic E-state index is 0.0134. The fraction of sp³-hybridized carbons (Fsp3) is 0.538. The smallest absolute Gasteiger partial charge is 0.422 e. The molecule has 0 saturated carbocycles. The van der Waals surface area contributed by atoms with Gasteiger partial charge in [0.15, 0.2) is 6.61 Å². The second-order valence-corrected chi connectivity index (χ2v) is 3.96. The molecule has 0 heterocycles. The summed E-state index contributed by atoms with van der Waals surface area (Å²) in [5, 5.41) is 3.22. The van der Waals surface area contributed by atoms with Crippen LogP contribution in [0.25, 0.3) is 0 Å². The summed E-state index contributed by atoms with van der Waals surface area (Å²) in [5.74, 6) is 0.294. The summed E-state index contributed by atoms with van der Waals surface area (Å²) < 4.78 is 41.4. The van der Waals surface area contributed by atoms with Crippen molar-refractivity contribution in [1.82, 2.24) is 5.32 Å². The van der Waals surface area contributed by atoms with E-state index in [1.165, 1.54) is 0 Å². The van der Waals surface area contributed by atoms with E-state index in [0.29, 0.717) is 5.75 Å². The zero-order chi connectivity index (χ0) is 13.6. The molecule has 0 saturated heterocycles. The SMILES string of the molecule is CCNC(CC)c1ccccc1OCC(F)(F)F. The lowest BCUT2D eigenvalue weighted by Crippen LogP contribution is -2.23. The Kier molecular flexibility index (Phi) is 5.47. The molecule has 0 radical (unpaired) electrons. The summed E-state index contributed by atoms with van der Waals surface area (Å²) >= 11 is 0. The van der Waals surface area contributed by atoms with Gasteiger partial charge in [-0.15, -0.1) is 0 Å². The van der Waals surface area contributed by atoms with Crippen molar-refractivity contribution < 1.29 is 17.9 Å². The van der Waals surface area contributed by atoms with Crippen LogP contribution in [-0.4, -0.2) is 19.3 Å². The average molecular weight is 261 g/mol. The van der Waals surface area contributed by atoms with Crippen LogP contribution in [0.3, 0.4) is 0 Å². The van der Waals surface area contributed by atoms with E-state index in [2.05, 4.69) is 5.32 Å². The van der Waals surface area contributed by atoms with Gasteiger partial charge in [-0.2, -0.15) is 13.2 Å². The van der Waals surface area contributed by atoms with Crippen LogP contribution in [0.5, 0.6) is 5.75 Å². The second-order valence-electron chi connectivity index (χ2n) is 3.96. The fourth-order valence-electron chi connectivity index (χ4n) is 1.78. The van der Waals surface area contributed by atoms with Crippen molar-refractivity contribution in [2.45, 2.75) is 32.5 Å². The second kappa shape index (κ2) is 6.64. The number of halogens is 3. The summed E-state index contributed by atoms with van der Waals surface area (Å²) in [6.45, 7) is 3.44. The van der Waals surface area contributed by atoms with Gasteiger partial charge in [0.2, 0.25) is 0 Å². The number of nitrogens with one attached hydrogen (secondary N) is 1. The summed E-state index contributed by atoms with van der Waals surface area (Å²) in [4.78, 5) is 0. The monoisotopic (exact) mass is 261 g/mol. The lowest BCUT2D eigenvalue weighted by atomic mass is 10.0. The van der Waals surface area contributed by atoms with Crippen LogP contribution in [0.2, 0.25) is 0 Å². The van der Waals surface area contributed by atoms with Gasteiger partial charge < -0.3 is 10.1 Å². The van der Waals surface area contributed by atoms with Crippen molar-refractivity contribution in [1.29, 1.82) is 0 Å². The van der Waals surface area contributed by atoms with E-state index in [1.807, 2.05) is 13.8 Å². The maximum Gasteiger partial charge on any atom is 0.422 e. The number of benzene rings is 1. The molecule has 1 aromatic carbocycles. The van der Waals surface area contributed by atoms with Gasteiger partial charge in [0.05, 0.1) is 0 Å². The molecule has 0 fully saturated rings. The lowest BCUT2D eigenvalue weighted by molar-refractivity contribution is -0.153. The molecule has 0 aliphatic rings. The topological polar surface area (TPSA) is 21.3 Å². The van der Waals surface area contributed by atoms with Gasteiger partial charge >= 0.3 is 6.18 Å². The number of rotatable bonds is 6. The Hall–Kier alpha value is -1.23. The predicted molar refractivity (Wildman–Crippen MR) is 64.7 cm³/mol. The van der Waals surface area contributed by atoms with E-state index >= 15 is 0 Å². The highest BCUT2D eigenvalue weighted by Gasteiger charge is 2.29. The molecule has 1 N–H and O–H groups in total. The van der Waals surface area contributed by atoms with Crippen LogP contribution in [0, 0.1) is 0 Å². The minimum atomic E-state index is -4.31. The quantitative estimate of drug-likeness (QED) is 0.843. The average Bonchev–Trinajstić information content (AvgIpc) is 2.33. The van der Waals surface area contributed by atoms with Crippen LogP contribution in [0.15, 0.2) is 24.3 Å². The van der Waals surface area contributed by atoms with Crippen molar-refractivity contribution in [2.75, 3.05) is 13.2 Å². The van der Waals surface area contributed by atoms with Gasteiger partial charge in [-0.05, 0) is 19.0 Å². The van der Waals surface area contributed by atoms with Gasteiger partial charge in [-0.1, -0.05) is 32.0 Å². The van der Waals surface area contributed by atoms with Gasteiger partial charge in [-0.25, -0.2) is 0 Å². The van der Waals surface area contributed by atoms with Crippen molar-refractivity contribution >= 4 is 0 Å². The molecule has 1 unspecified atom stereocenters. The third kappa shape index (κ3) is 4.56. The maximum atomic E-state index is 12.2. The number of hydrogen-bond donors (Lipinski definition) is 1. The molecule has 1 rings (SSSR count). The van der Waals surface area contributed by atoms with Crippen molar-refractivity contribution in [2.24, 2.45) is 0 Å². The van der Waals surface area contributed by atoms with Crippen LogP contribution >= 0.6 is 0 Å². The zero-order valence-corrected chi connectivity index (χ0v) is 10.6. The number of para-hydroxylation sites is 1. The predicted octanol–water partition coefficient (Wildman–Crippen LogP) is 3.69. The van der Waals surface area contributed by atoms with Crippen LogP contribution in [0.1, 0.15) is 31.9 Å². The Bertz CT molecular complexity index is 365. The molecule has 0 aliphatic carbocycles. The van der Waals surface area contributed by atoms with Crippen molar-refractivity contribution in [3.05, 3.63) is 29.8 Å². The van der Waals surface area contributed by atoms with E-state index in [4.69, 9.17) is 4.74 Å². The Morgan fingerprint density at radius 2 is 1.89 bits per heavy atom. The Labute approximate surface area is 105 Å². The van der Waals surface area contributed by atoms with E-state index in [-0.39, 0.29) is 6.04 Å². The van der Waals surface area contributed by atoms with E-state index in [9.17, 15) is 13.2 Å². The molecule has 0 bridgehead atoms. The molecule has 102 valence electrons. The molecule has 1 aromatic rings. The minimum Gasteiger partial charge on any atom is -0.484 e. The molecule has 0 amide bonds. The number of alkyl halides is 3. The van der Waals surface area contributed by atoms with Crippen molar-refractivity contribution in [3.8, 4) is 5.75 Å². The van der Waals surface area contributed by atoms with Crippen LogP contribution in [0.4, 0.5) is 13.2 Å². The molecule has 0 aromatic heterocycles. The molecule has 0 aliphatic heterocycles. The molecule has 1 atom stereocenters. The van der Waals surface area contributed by atoms with E-state index < -0.39 is 12.8 Å². The first-order chi connectivity index (χ1) is 8.48. The largest absolute Gasteiger partial charge is 0.484 e. The third-order valence-electron chi connectivity index (χ3n) is 2.54. The first-order valence-electron chi connectivity index (χ1n) is 5.99. The number of hydrogen-bond acceptors (Lipinski definition) is 2. The molecule has 0 spiro atoms. The van der Waals surface area contributed by atoms with Crippen molar-refractivity contribution in [3.63, 3.8) is 0 Å². The summed E-state index contributed by atoms with van der Waals surface area (Å²) in [6.07, 6.45) is -3.52. The number of ether oxygens (including phenoxy) is 1. The highest BCUT2D eigenvalue weighted by atomic mass is 19.4. The maximum absolute atomic E-state index is 12.2. The van der Waals surface area contributed by atoms with Gasteiger partial charge in [0.25, 0.3) is 0 Å². The highest BCUT2D eigenvalue weighted by Crippen LogP contribution is 2.28. The molecule has 18 heavy (non-hydrogen) atoms. The molecular formula is C13H18F3NO. The lowest BCUT2D eigenvalue weighted by Gasteiger charge is -2.20. The highest BCUT2D eigenvalue weighted by molar-refractivity contribution is 5.36. The Morgan fingerprint density at radius 3 is 2.44 bits per heavy atom. The summed E-state index contributed by atoms with van der Waals surface area (Å²) in [7, 11) is 0.